The van der Waals surface area contributed by atoms with Gasteiger partial charge in [-0.15, -0.1) is 0 Å². The summed E-state index contributed by atoms with van der Waals surface area (Å²) < 4.78 is 5.54. The van der Waals surface area contributed by atoms with Crippen molar-refractivity contribution in [1.29, 1.82) is 0 Å². The number of hydrogen-bond donors (Lipinski definition) is 2. The number of nitrogens with zero attached hydrogens (tertiary/aromatic N) is 1. The van der Waals surface area contributed by atoms with Gasteiger partial charge in [0.25, 0.3) is 0 Å². The van der Waals surface area contributed by atoms with Crippen molar-refractivity contribution < 1.29 is 9.53 Å². The molecule has 1 heterocycles. The Labute approximate surface area is 149 Å². The molecule has 2 rings (SSSR count). The largest absolute Gasteiger partial charge is 0.492 e. The predicted octanol–water partition coefficient (Wildman–Crippen LogP) is 3.14. The molecule has 1 aliphatic rings. The molecule has 0 aromatic heterocycles. The van der Waals surface area contributed by atoms with Crippen LogP contribution in [0, 0.1) is 5.92 Å². The average Bonchev–Trinajstić information content (AvgIpc) is 2.55. The summed E-state index contributed by atoms with van der Waals surface area (Å²) in [6, 6.07) is 7.34. The van der Waals surface area contributed by atoms with Crippen molar-refractivity contribution in [2.75, 3.05) is 32.8 Å². The molecule has 0 saturated carbocycles. The van der Waals surface area contributed by atoms with E-state index in [2.05, 4.69) is 29.4 Å². The van der Waals surface area contributed by atoms with E-state index in [0.717, 1.165) is 38.2 Å². The number of carbonyl (C=O) groups excluding carboxylic acids is 1. The first kappa shape index (κ1) is 18.9. The van der Waals surface area contributed by atoms with E-state index in [1.54, 1.807) is 12.1 Å². The number of urea groups is 1. The third kappa shape index (κ3) is 6.97. The lowest BCUT2D eigenvalue weighted by Crippen LogP contribution is -2.48. The summed E-state index contributed by atoms with van der Waals surface area (Å²) in [5.41, 5.74) is 0. The topological polar surface area (TPSA) is 53.6 Å². The Morgan fingerprint density at radius 3 is 2.58 bits per heavy atom. The summed E-state index contributed by atoms with van der Waals surface area (Å²) in [5.74, 6) is 1.44. The first-order valence-electron chi connectivity index (χ1n) is 8.68. The van der Waals surface area contributed by atoms with Gasteiger partial charge in [0, 0.05) is 30.7 Å². The van der Waals surface area contributed by atoms with Gasteiger partial charge in [-0.1, -0.05) is 25.4 Å². The molecule has 0 aliphatic carbocycles. The van der Waals surface area contributed by atoms with E-state index in [1.807, 2.05) is 12.1 Å². The van der Waals surface area contributed by atoms with Gasteiger partial charge in [0.2, 0.25) is 0 Å². The smallest absolute Gasteiger partial charge is 0.315 e. The van der Waals surface area contributed by atoms with Crippen molar-refractivity contribution in [2.45, 2.75) is 32.7 Å². The van der Waals surface area contributed by atoms with E-state index in [-0.39, 0.29) is 12.1 Å². The molecule has 2 amide bonds. The highest BCUT2D eigenvalue weighted by molar-refractivity contribution is 6.30. The van der Waals surface area contributed by atoms with E-state index in [0.29, 0.717) is 24.1 Å². The molecular formula is C18H28ClN3O2. The van der Waals surface area contributed by atoms with Crippen molar-refractivity contribution in [3.8, 4) is 5.75 Å². The fourth-order valence-electron chi connectivity index (χ4n) is 2.88. The van der Waals surface area contributed by atoms with Gasteiger partial charge in [0.15, 0.2) is 0 Å². The maximum atomic E-state index is 11.9. The summed E-state index contributed by atoms with van der Waals surface area (Å²) in [5, 5.41) is 6.57. The molecule has 0 unspecified atom stereocenters. The summed E-state index contributed by atoms with van der Waals surface area (Å²) in [4.78, 5) is 14.4. The van der Waals surface area contributed by atoms with E-state index in [9.17, 15) is 4.79 Å². The number of likely N-dealkylation sites (tertiary alicyclic amines) is 1. The molecule has 0 bridgehead atoms. The van der Waals surface area contributed by atoms with Crippen molar-refractivity contribution in [3.05, 3.63) is 29.3 Å². The summed E-state index contributed by atoms with van der Waals surface area (Å²) in [7, 11) is 0. The Morgan fingerprint density at radius 2 is 1.96 bits per heavy atom. The van der Waals surface area contributed by atoms with Gasteiger partial charge in [0.05, 0.1) is 6.54 Å². The highest BCUT2D eigenvalue weighted by Crippen LogP contribution is 2.15. The minimum Gasteiger partial charge on any atom is -0.492 e. The molecular weight excluding hydrogens is 326 g/mol. The highest BCUT2D eigenvalue weighted by atomic mass is 35.5. The molecule has 2 N–H and O–H groups in total. The molecule has 0 atom stereocenters. The van der Waals surface area contributed by atoms with Crippen molar-refractivity contribution in [3.63, 3.8) is 0 Å². The summed E-state index contributed by atoms with van der Waals surface area (Å²) in [6.07, 6.45) is 2.03. The van der Waals surface area contributed by atoms with Gasteiger partial charge in [-0.05, 0) is 43.0 Å². The molecule has 1 fully saturated rings. The van der Waals surface area contributed by atoms with Crippen LogP contribution >= 0.6 is 11.6 Å². The molecule has 1 aromatic rings. The monoisotopic (exact) mass is 353 g/mol. The lowest BCUT2D eigenvalue weighted by atomic mass is 10.0. The first-order chi connectivity index (χ1) is 11.5. The van der Waals surface area contributed by atoms with E-state index < -0.39 is 0 Å². The van der Waals surface area contributed by atoms with Crippen LogP contribution in [0.5, 0.6) is 5.75 Å². The zero-order valence-corrected chi connectivity index (χ0v) is 15.3. The number of piperidine rings is 1. The first-order valence-corrected chi connectivity index (χ1v) is 9.06. The van der Waals surface area contributed by atoms with Gasteiger partial charge in [-0.3, -0.25) is 0 Å². The number of amides is 2. The van der Waals surface area contributed by atoms with E-state index in [1.165, 1.54) is 0 Å². The fraction of sp³-hybridized carbons (Fsp3) is 0.611. The Bertz CT molecular complexity index is 499. The SMILES string of the molecule is CC(C)CN1CCC(NC(=O)NCCOc2ccc(Cl)cc2)CC1. The lowest BCUT2D eigenvalue weighted by molar-refractivity contribution is 0.177. The van der Waals surface area contributed by atoms with Crippen LogP contribution in [0.3, 0.4) is 0 Å². The van der Waals surface area contributed by atoms with Crippen LogP contribution in [0.4, 0.5) is 4.79 Å². The number of nitrogens with one attached hydrogen (secondary N) is 2. The molecule has 0 spiro atoms. The molecule has 0 radical (unpaired) electrons. The summed E-state index contributed by atoms with van der Waals surface area (Å²) in [6.45, 7) is 8.64. The fourth-order valence-corrected chi connectivity index (χ4v) is 3.00. The average molecular weight is 354 g/mol. The molecule has 1 aliphatic heterocycles. The number of carbonyl (C=O) groups is 1. The second-order valence-electron chi connectivity index (χ2n) is 6.67. The van der Waals surface area contributed by atoms with Crippen LogP contribution in [-0.2, 0) is 0 Å². The summed E-state index contributed by atoms with van der Waals surface area (Å²) >= 11 is 5.82. The Kier molecular flexibility index (Phi) is 7.66. The Balaban J connectivity index is 1.56. The van der Waals surface area contributed by atoms with Crippen LogP contribution < -0.4 is 15.4 Å². The third-order valence-electron chi connectivity index (χ3n) is 4.02. The van der Waals surface area contributed by atoms with Crippen molar-refractivity contribution in [1.82, 2.24) is 15.5 Å². The van der Waals surface area contributed by atoms with Gasteiger partial charge >= 0.3 is 6.03 Å². The predicted molar refractivity (Wildman–Crippen MR) is 97.8 cm³/mol. The van der Waals surface area contributed by atoms with E-state index in [4.69, 9.17) is 16.3 Å². The van der Waals surface area contributed by atoms with Gasteiger partial charge < -0.3 is 20.3 Å². The van der Waals surface area contributed by atoms with Crippen LogP contribution in [-0.4, -0.2) is 49.8 Å². The zero-order valence-electron chi connectivity index (χ0n) is 14.6. The maximum absolute atomic E-state index is 11.9. The molecule has 1 saturated heterocycles. The maximum Gasteiger partial charge on any atom is 0.315 e. The number of benzene rings is 1. The molecule has 24 heavy (non-hydrogen) atoms. The molecule has 5 nitrogen and oxygen atoms in total. The normalized spacial score (nSPS) is 16.2. The number of ether oxygens (including phenoxy) is 1. The third-order valence-corrected chi connectivity index (χ3v) is 4.27. The van der Waals surface area contributed by atoms with Gasteiger partial charge in [-0.2, -0.15) is 0 Å². The van der Waals surface area contributed by atoms with Crippen LogP contribution in [0.25, 0.3) is 0 Å². The van der Waals surface area contributed by atoms with Crippen molar-refractivity contribution >= 4 is 17.6 Å². The van der Waals surface area contributed by atoms with Crippen molar-refractivity contribution in [2.24, 2.45) is 5.92 Å². The lowest BCUT2D eigenvalue weighted by Gasteiger charge is -2.33. The minimum absolute atomic E-state index is 0.114. The van der Waals surface area contributed by atoms with Gasteiger partial charge in [-0.25, -0.2) is 4.79 Å². The number of rotatable bonds is 7. The Hall–Kier alpha value is -1.46. The second-order valence-corrected chi connectivity index (χ2v) is 7.11. The molecule has 134 valence electrons. The standard InChI is InChI=1S/C18H28ClN3O2/c1-14(2)13-22-10-7-16(8-11-22)21-18(23)20-9-12-24-17-5-3-15(19)4-6-17/h3-6,14,16H,7-13H2,1-2H3,(H2,20,21,23). The zero-order chi connectivity index (χ0) is 17.4. The Morgan fingerprint density at radius 1 is 1.29 bits per heavy atom. The van der Waals surface area contributed by atoms with Crippen LogP contribution in [0.1, 0.15) is 26.7 Å². The van der Waals surface area contributed by atoms with Gasteiger partial charge in [0.1, 0.15) is 12.4 Å². The highest BCUT2D eigenvalue weighted by Gasteiger charge is 2.20. The van der Waals surface area contributed by atoms with Crippen LogP contribution in [0.2, 0.25) is 5.02 Å². The quantitative estimate of drug-likeness (QED) is 0.740. The van der Waals surface area contributed by atoms with Crippen LogP contribution in [0.15, 0.2) is 24.3 Å². The number of halogens is 1. The second kappa shape index (κ2) is 9.74. The number of hydrogen-bond acceptors (Lipinski definition) is 3. The molecule has 1 aromatic carbocycles. The minimum atomic E-state index is -0.114. The molecule has 6 heteroatoms. The van der Waals surface area contributed by atoms with E-state index >= 15 is 0 Å².